The van der Waals surface area contributed by atoms with Crippen molar-refractivity contribution in [2.24, 2.45) is 0 Å². The van der Waals surface area contributed by atoms with Crippen LogP contribution in [0.25, 0.3) is 0 Å². The zero-order valence-corrected chi connectivity index (χ0v) is 9.91. The Balaban J connectivity index is 2.35. The van der Waals surface area contributed by atoms with Gasteiger partial charge in [0, 0.05) is 18.5 Å². The van der Waals surface area contributed by atoms with Crippen LogP contribution in [-0.2, 0) is 9.59 Å². The summed E-state index contributed by atoms with van der Waals surface area (Å²) in [7, 11) is 1.51. The maximum absolute atomic E-state index is 11.8. The predicted molar refractivity (Wildman–Crippen MR) is 61.3 cm³/mol. The normalized spacial score (nSPS) is 20.7. The van der Waals surface area contributed by atoms with Crippen LogP contribution in [0.1, 0.15) is 23.5 Å². The highest BCUT2D eigenvalue weighted by atomic mass is 35.5. The molecule has 0 aliphatic carbocycles. The molecule has 0 N–H and O–H groups in total. The van der Waals surface area contributed by atoms with Gasteiger partial charge in [0.15, 0.2) is 0 Å². The maximum Gasteiger partial charge on any atom is 0.236 e. The molecule has 2 rings (SSSR count). The fraction of sp³-hybridized carbons (Fsp3) is 0.333. The van der Waals surface area contributed by atoms with Gasteiger partial charge in [-0.2, -0.15) is 0 Å². The molecule has 1 fully saturated rings. The van der Waals surface area contributed by atoms with Crippen LogP contribution in [0.3, 0.4) is 0 Å². The zero-order chi connectivity index (χ0) is 11.9. The molecule has 16 heavy (non-hydrogen) atoms. The van der Waals surface area contributed by atoms with E-state index in [1.807, 2.05) is 19.1 Å². The van der Waals surface area contributed by atoms with Crippen LogP contribution in [0.4, 0.5) is 0 Å². The van der Waals surface area contributed by atoms with E-state index in [4.69, 9.17) is 11.6 Å². The molecule has 1 atom stereocenters. The lowest BCUT2D eigenvalue weighted by molar-refractivity contribution is -0.137. The number of halogens is 1. The number of hydrogen-bond acceptors (Lipinski definition) is 2. The summed E-state index contributed by atoms with van der Waals surface area (Å²) in [6.45, 7) is 1.90. The highest BCUT2D eigenvalue weighted by Crippen LogP contribution is 2.30. The summed E-state index contributed by atoms with van der Waals surface area (Å²) in [4.78, 5) is 24.3. The van der Waals surface area contributed by atoms with Crippen LogP contribution in [-0.4, -0.2) is 23.8 Å². The van der Waals surface area contributed by atoms with Crippen molar-refractivity contribution < 1.29 is 9.59 Å². The van der Waals surface area contributed by atoms with E-state index in [1.54, 1.807) is 6.07 Å². The second kappa shape index (κ2) is 3.91. The van der Waals surface area contributed by atoms with Crippen LogP contribution in [0.15, 0.2) is 18.2 Å². The SMILES string of the molecule is Cc1ccc(C2CC(=O)N(C)C2=O)cc1Cl. The van der Waals surface area contributed by atoms with Gasteiger partial charge in [-0.3, -0.25) is 14.5 Å². The number of hydrogen-bond donors (Lipinski definition) is 0. The summed E-state index contributed by atoms with van der Waals surface area (Å²) >= 11 is 6.00. The lowest BCUT2D eigenvalue weighted by atomic mass is 9.97. The number of nitrogens with zero attached hydrogens (tertiary/aromatic N) is 1. The second-order valence-corrected chi connectivity index (χ2v) is 4.46. The van der Waals surface area contributed by atoms with Crippen molar-refractivity contribution in [1.29, 1.82) is 0 Å². The largest absolute Gasteiger partial charge is 0.285 e. The molecular formula is C12H12ClNO2. The standard InChI is InChI=1S/C12H12ClNO2/c1-7-3-4-8(5-10(7)13)9-6-11(15)14(2)12(9)16/h3-5,9H,6H2,1-2H3. The minimum Gasteiger partial charge on any atom is -0.285 e. The van der Waals surface area contributed by atoms with Crippen molar-refractivity contribution in [1.82, 2.24) is 4.90 Å². The fourth-order valence-electron chi connectivity index (χ4n) is 1.84. The number of benzene rings is 1. The third-order valence-corrected chi connectivity index (χ3v) is 3.39. The molecule has 0 radical (unpaired) electrons. The molecule has 4 heteroatoms. The zero-order valence-electron chi connectivity index (χ0n) is 9.16. The highest BCUT2D eigenvalue weighted by molar-refractivity contribution is 6.31. The molecule has 3 nitrogen and oxygen atoms in total. The van der Waals surface area contributed by atoms with Crippen LogP contribution in [0, 0.1) is 6.92 Å². The minimum absolute atomic E-state index is 0.133. The van der Waals surface area contributed by atoms with E-state index in [0.717, 1.165) is 11.1 Å². The molecule has 2 amide bonds. The van der Waals surface area contributed by atoms with Crippen molar-refractivity contribution >= 4 is 23.4 Å². The van der Waals surface area contributed by atoms with E-state index in [-0.39, 0.29) is 24.2 Å². The second-order valence-electron chi connectivity index (χ2n) is 4.06. The molecule has 1 aliphatic rings. The molecule has 0 bridgehead atoms. The summed E-state index contributed by atoms with van der Waals surface area (Å²) < 4.78 is 0. The molecule has 84 valence electrons. The number of carbonyl (C=O) groups is 2. The van der Waals surface area contributed by atoms with Crippen molar-refractivity contribution in [3.8, 4) is 0 Å². The third-order valence-electron chi connectivity index (χ3n) is 2.98. The topological polar surface area (TPSA) is 37.4 Å². The van der Waals surface area contributed by atoms with E-state index < -0.39 is 0 Å². The summed E-state index contributed by atoms with van der Waals surface area (Å²) in [5.41, 5.74) is 1.79. The number of likely N-dealkylation sites (tertiary alicyclic amines) is 1. The van der Waals surface area contributed by atoms with Gasteiger partial charge in [-0.25, -0.2) is 0 Å². The maximum atomic E-state index is 11.8. The van der Waals surface area contributed by atoms with E-state index >= 15 is 0 Å². The van der Waals surface area contributed by atoms with Crippen molar-refractivity contribution in [3.05, 3.63) is 34.3 Å². The number of amides is 2. The summed E-state index contributed by atoms with van der Waals surface area (Å²) in [5.74, 6) is -0.646. The Hall–Kier alpha value is -1.35. The van der Waals surface area contributed by atoms with E-state index in [2.05, 4.69) is 0 Å². The monoisotopic (exact) mass is 237 g/mol. The van der Waals surface area contributed by atoms with Gasteiger partial charge >= 0.3 is 0 Å². The number of likely N-dealkylation sites (N-methyl/N-ethyl adjacent to an activating group) is 1. The van der Waals surface area contributed by atoms with Crippen LogP contribution in [0.5, 0.6) is 0 Å². The molecule has 0 aromatic heterocycles. The van der Waals surface area contributed by atoms with Gasteiger partial charge in [-0.05, 0) is 24.1 Å². The molecule has 1 aromatic carbocycles. The molecule has 0 spiro atoms. The first-order valence-electron chi connectivity index (χ1n) is 5.07. The van der Waals surface area contributed by atoms with E-state index in [0.29, 0.717) is 5.02 Å². The van der Waals surface area contributed by atoms with Crippen molar-refractivity contribution in [2.45, 2.75) is 19.3 Å². The van der Waals surface area contributed by atoms with E-state index in [1.165, 1.54) is 11.9 Å². The Kier molecular flexibility index (Phi) is 2.72. The van der Waals surface area contributed by atoms with Gasteiger partial charge in [0.2, 0.25) is 11.8 Å². The van der Waals surface area contributed by atoms with Gasteiger partial charge in [-0.1, -0.05) is 23.7 Å². The smallest absolute Gasteiger partial charge is 0.236 e. The average Bonchev–Trinajstić information content (AvgIpc) is 2.50. The molecule has 0 saturated carbocycles. The third kappa shape index (κ3) is 1.71. The van der Waals surface area contributed by atoms with Gasteiger partial charge in [0.05, 0.1) is 5.92 Å². The fourth-order valence-corrected chi connectivity index (χ4v) is 2.03. The Labute approximate surface area is 99.0 Å². The van der Waals surface area contributed by atoms with Crippen LogP contribution >= 0.6 is 11.6 Å². The molecule has 1 aliphatic heterocycles. The Morgan fingerprint density at radius 1 is 1.38 bits per heavy atom. The highest BCUT2D eigenvalue weighted by Gasteiger charge is 2.36. The molecule has 1 unspecified atom stereocenters. The van der Waals surface area contributed by atoms with Gasteiger partial charge < -0.3 is 0 Å². The van der Waals surface area contributed by atoms with E-state index in [9.17, 15) is 9.59 Å². The average molecular weight is 238 g/mol. The minimum atomic E-state index is -0.365. The Bertz CT molecular complexity index is 470. The van der Waals surface area contributed by atoms with Crippen LogP contribution in [0.2, 0.25) is 5.02 Å². The van der Waals surface area contributed by atoms with Gasteiger partial charge in [0.25, 0.3) is 0 Å². The summed E-state index contributed by atoms with van der Waals surface area (Å²) in [6.07, 6.45) is 0.245. The van der Waals surface area contributed by atoms with Gasteiger partial charge in [-0.15, -0.1) is 0 Å². The number of carbonyl (C=O) groups excluding carboxylic acids is 2. The first-order valence-corrected chi connectivity index (χ1v) is 5.45. The molecule has 1 heterocycles. The Morgan fingerprint density at radius 3 is 2.56 bits per heavy atom. The number of imide groups is 1. The summed E-state index contributed by atoms with van der Waals surface area (Å²) in [6, 6.07) is 5.50. The van der Waals surface area contributed by atoms with Crippen molar-refractivity contribution in [3.63, 3.8) is 0 Å². The Morgan fingerprint density at radius 2 is 2.06 bits per heavy atom. The first-order chi connectivity index (χ1) is 7.50. The predicted octanol–water partition coefficient (Wildman–Crippen LogP) is 2.12. The summed E-state index contributed by atoms with van der Waals surface area (Å²) in [5, 5.41) is 0.632. The van der Waals surface area contributed by atoms with Gasteiger partial charge in [0.1, 0.15) is 0 Å². The van der Waals surface area contributed by atoms with Crippen LogP contribution < -0.4 is 0 Å². The molecular weight excluding hydrogens is 226 g/mol. The number of rotatable bonds is 1. The lowest BCUT2D eigenvalue weighted by Gasteiger charge is -2.10. The first kappa shape index (κ1) is 11.1. The molecule has 1 aromatic rings. The van der Waals surface area contributed by atoms with Crippen molar-refractivity contribution in [2.75, 3.05) is 7.05 Å². The number of aryl methyl sites for hydroxylation is 1. The molecule has 1 saturated heterocycles. The quantitative estimate of drug-likeness (QED) is 0.702. The lowest BCUT2D eigenvalue weighted by Crippen LogP contribution is -2.25.